The van der Waals surface area contributed by atoms with Crippen molar-refractivity contribution < 1.29 is 19.1 Å². The summed E-state index contributed by atoms with van der Waals surface area (Å²) < 4.78 is 10.5. The second-order valence-corrected chi connectivity index (χ2v) is 5.50. The van der Waals surface area contributed by atoms with E-state index in [4.69, 9.17) is 9.47 Å². The third kappa shape index (κ3) is 1.47. The average Bonchev–Trinajstić information content (AvgIpc) is 2.76. The number of carbonyl (C=O) groups excluding carboxylic acids is 2. The van der Waals surface area contributed by atoms with Crippen molar-refractivity contribution in [3.63, 3.8) is 0 Å². The molecule has 3 unspecified atom stereocenters. The lowest BCUT2D eigenvalue weighted by Crippen LogP contribution is -2.49. The summed E-state index contributed by atoms with van der Waals surface area (Å²) in [6, 6.07) is 0. The van der Waals surface area contributed by atoms with E-state index in [1.54, 1.807) is 6.92 Å². The monoisotopic (exact) mass is 226 g/mol. The minimum atomic E-state index is -0.634. The van der Waals surface area contributed by atoms with Crippen molar-refractivity contribution in [3.05, 3.63) is 0 Å². The van der Waals surface area contributed by atoms with Crippen LogP contribution >= 0.6 is 0 Å². The van der Waals surface area contributed by atoms with Gasteiger partial charge in [0.1, 0.15) is 11.7 Å². The zero-order valence-corrected chi connectivity index (χ0v) is 10.2. The Labute approximate surface area is 95.3 Å². The van der Waals surface area contributed by atoms with Crippen molar-refractivity contribution in [2.45, 2.75) is 45.8 Å². The zero-order valence-electron chi connectivity index (χ0n) is 10.2. The molecule has 0 bridgehead atoms. The van der Waals surface area contributed by atoms with E-state index in [1.807, 2.05) is 20.8 Å². The molecule has 3 atom stereocenters. The third-order valence-corrected chi connectivity index (χ3v) is 3.63. The lowest BCUT2D eigenvalue weighted by molar-refractivity contribution is -0.157. The van der Waals surface area contributed by atoms with E-state index < -0.39 is 11.7 Å². The number of carbonyl (C=O) groups is 2. The molecule has 0 aromatic carbocycles. The van der Waals surface area contributed by atoms with Gasteiger partial charge in [-0.25, -0.2) is 0 Å². The molecule has 4 nitrogen and oxygen atoms in total. The molecule has 1 aliphatic carbocycles. The molecule has 2 aliphatic rings. The van der Waals surface area contributed by atoms with E-state index in [-0.39, 0.29) is 23.1 Å². The second kappa shape index (κ2) is 3.29. The summed E-state index contributed by atoms with van der Waals surface area (Å²) in [5.41, 5.74) is -1.02. The largest absolute Gasteiger partial charge is 0.466 e. The second-order valence-electron chi connectivity index (χ2n) is 5.50. The maximum atomic E-state index is 11.9. The molecule has 0 aromatic rings. The molecule has 1 saturated heterocycles. The molecule has 0 amide bonds. The molecule has 2 fully saturated rings. The van der Waals surface area contributed by atoms with Crippen LogP contribution in [0.25, 0.3) is 0 Å². The summed E-state index contributed by atoms with van der Waals surface area (Å²) in [4.78, 5) is 23.7. The summed E-state index contributed by atoms with van der Waals surface area (Å²) in [6.45, 7) is 7.83. The molecule has 0 N–H and O–H groups in total. The Morgan fingerprint density at radius 2 is 2.12 bits per heavy atom. The first kappa shape index (κ1) is 11.6. The van der Waals surface area contributed by atoms with Crippen LogP contribution in [0.3, 0.4) is 0 Å². The van der Waals surface area contributed by atoms with Crippen molar-refractivity contribution in [1.82, 2.24) is 0 Å². The predicted octanol–water partition coefficient (Wildman–Crippen LogP) is 1.32. The van der Waals surface area contributed by atoms with Gasteiger partial charge in [0.25, 0.3) is 0 Å². The standard InChI is InChI=1S/C12H18O4/c1-5-15-10(14)8-11(2,3)6-7(13)9-12(8,4)16-9/h8-9H,5-6H2,1-4H3. The highest BCUT2D eigenvalue weighted by molar-refractivity contribution is 5.92. The van der Waals surface area contributed by atoms with Crippen LogP contribution in [-0.4, -0.2) is 30.1 Å². The van der Waals surface area contributed by atoms with Crippen LogP contribution in [0.5, 0.6) is 0 Å². The number of Topliss-reactive ketones (excluding diaryl/α,β-unsaturated/α-hetero) is 1. The van der Waals surface area contributed by atoms with Crippen LogP contribution in [0.1, 0.15) is 34.1 Å². The Balaban J connectivity index is 2.28. The minimum Gasteiger partial charge on any atom is -0.466 e. The molecule has 0 radical (unpaired) electrons. The molecule has 2 rings (SSSR count). The lowest BCUT2D eigenvalue weighted by Gasteiger charge is -2.37. The summed E-state index contributed by atoms with van der Waals surface area (Å²) in [7, 11) is 0. The van der Waals surface area contributed by atoms with Crippen LogP contribution in [0.2, 0.25) is 0 Å². The number of esters is 1. The molecule has 1 aliphatic heterocycles. The number of rotatable bonds is 2. The van der Waals surface area contributed by atoms with Crippen LogP contribution < -0.4 is 0 Å². The maximum absolute atomic E-state index is 11.9. The maximum Gasteiger partial charge on any atom is 0.312 e. The molecule has 90 valence electrons. The highest BCUT2D eigenvalue weighted by Crippen LogP contribution is 2.56. The van der Waals surface area contributed by atoms with Crippen LogP contribution in [-0.2, 0) is 19.1 Å². The van der Waals surface area contributed by atoms with E-state index in [1.165, 1.54) is 0 Å². The van der Waals surface area contributed by atoms with Gasteiger partial charge >= 0.3 is 5.97 Å². The normalized spacial score (nSPS) is 40.1. The van der Waals surface area contributed by atoms with Crippen molar-refractivity contribution in [2.24, 2.45) is 11.3 Å². The Hall–Kier alpha value is -0.900. The van der Waals surface area contributed by atoms with Crippen molar-refractivity contribution in [3.8, 4) is 0 Å². The van der Waals surface area contributed by atoms with E-state index in [0.29, 0.717) is 13.0 Å². The SMILES string of the molecule is CCOC(=O)C1C(C)(C)CC(=O)C2OC21C. The summed E-state index contributed by atoms with van der Waals surface area (Å²) in [5.74, 6) is -0.485. The van der Waals surface area contributed by atoms with Gasteiger partial charge in [-0.3, -0.25) is 9.59 Å². The first-order chi connectivity index (χ1) is 7.33. The van der Waals surface area contributed by atoms with Crippen molar-refractivity contribution >= 4 is 11.8 Å². The van der Waals surface area contributed by atoms with Gasteiger partial charge in [0, 0.05) is 6.42 Å². The van der Waals surface area contributed by atoms with Gasteiger partial charge in [-0.1, -0.05) is 13.8 Å². The number of ether oxygens (including phenoxy) is 2. The Bertz CT molecular complexity index is 342. The van der Waals surface area contributed by atoms with E-state index in [9.17, 15) is 9.59 Å². The zero-order chi connectivity index (χ0) is 12.1. The molecule has 4 heteroatoms. The molecule has 1 heterocycles. The van der Waals surface area contributed by atoms with E-state index in [2.05, 4.69) is 0 Å². The van der Waals surface area contributed by atoms with Crippen molar-refractivity contribution in [1.29, 1.82) is 0 Å². The summed E-state index contributed by atoms with van der Waals surface area (Å²) in [5, 5.41) is 0. The quantitative estimate of drug-likeness (QED) is 0.526. The van der Waals surface area contributed by atoms with Crippen LogP contribution in [0.15, 0.2) is 0 Å². The molecule has 0 aromatic heterocycles. The Morgan fingerprint density at radius 1 is 1.50 bits per heavy atom. The van der Waals surface area contributed by atoms with Crippen molar-refractivity contribution in [2.75, 3.05) is 6.61 Å². The predicted molar refractivity (Wildman–Crippen MR) is 56.8 cm³/mol. The topological polar surface area (TPSA) is 55.9 Å². The fourth-order valence-corrected chi connectivity index (χ4v) is 3.02. The Morgan fingerprint density at radius 3 is 2.69 bits per heavy atom. The third-order valence-electron chi connectivity index (χ3n) is 3.63. The summed E-state index contributed by atoms with van der Waals surface area (Å²) >= 11 is 0. The first-order valence-electron chi connectivity index (χ1n) is 5.70. The smallest absolute Gasteiger partial charge is 0.312 e. The minimum absolute atomic E-state index is 0.105. The van der Waals surface area contributed by atoms with Gasteiger partial charge in [-0.2, -0.15) is 0 Å². The molecular formula is C12H18O4. The number of fused-ring (bicyclic) bond motifs is 1. The number of epoxide rings is 1. The number of ketones is 1. The van der Waals surface area contributed by atoms with E-state index >= 15 is 0 Å². The molecule has 1 saturated carbocycles. The number of hydrogen-bond acceptors (Lipinski definition) is 4. The van der Waals surface area contributed by atoms with Gasteiger partial charge in [0.2, 0.25) is 0 Å². The van der Waals surface area contributed by atoms with Gasteiger partial charge in [0.05, 0.1) is 12.5 Å². The van der Waals surface area contributed by atoms with Crippen LogP contribution in [0, 0.1) is 11.3 Å². The lowest BCUT2D eigenvalue weighted by atomic mass is 9.63. The molecular weight excluding hydrogens is 208 g/mol. The van der Waals surface area contributed by atoms with Gasteiger partial charge in [0.15, 0.2) is 5.78 Å². The first-order valence-corrected chi connectivity index (χ1v) is 5.70. The Kier molecular flexibility index (Phi) is 2.38. The molecule has 16 heavy (non-hydrogen) atoms. The number of hydrogen-bond donors (Lipinski definition) is 0. The molecule has 0 spiro atoms. The highest BCUT2D eigenvalue weighted by Gasteiger charge is 2.70. The highest BCUT2D eigenvalue weighted by atomic mass is 16.6. The van der Waals surface area contributed by atoms with Gasteiger partial charge in [-0.15, -0.1) is 0 Å². The van der Waals surface area contributed by atoms with Gasteiger partial charge in [-0.05, 0) is 19.3 Å². The summed E-state index contributed by atoms with van der Waals surface area (Å²) in [6.07, 6.45) is -0.00793. The fraction of sp³-hybridized carbons (Fsp3) is 0.833. The van der Waals surface area contributed by atoms with E-state index in [0.717, 1.165) is 0 Å². The fourth-order valence-electron chi connectivity index (χ4n) is 3.02. The van der Waals surface area contributed by atoms with Crippen LogP contribution in [0.4, 0.5) is 0 Å². The average molecular weight is 226 g/mol. The van der Waals surface area contributed by atoms with Gasteiger partial charge < -0.3 is 9.47 Å².